The lowest BCUT2D eigenvalue weighted by atomic mass is 9.84. The maximum absolute atomic E-state index is 12.6. The number of fused-ring (bicyclic) bond motifs is 3. The van der Waals surface area contributed by atoms with Crippen LogP contribution in [-0.2, 0) is 9.53 Å². The first-order valence-corrected chi connectivity index (χ1v) is 9.38. The number of hydrogen-bond acceptors (Lipinski definition) is 4. The first kappa shape index (κ1) is 15.4. The van der Waals surface area contributed by atoms with E-state index in [9.17, 15) is 9.59 Å². The second-order valence-corrected chi connectivity index (χ2v) is 7.90. The Bertz CT molecular complexity index is 726. The van der Waals surface area contributed by atoms with Crippen LogP contribution in [0.25, 0.3) is 0 Å². The first-order chi connectivity index (χ1) is 12.2. The van der Waals surface area contributed by atoms with Crippen molar-refractivity contribution in [3.63, 3.8) is 0 Å². The normalized spacial score (nSPS) is 38.2. The molecular weight excluding hydrogens is 318 g/mol. The van der Waals surface area contributed by atoms with E-state index in [0.29, 0.717) is 30.2 Å². The summed E-state index contributed by atoms with van der Waals surface area (Å²) in [6.45, 7) is 1.40. The predicted molar refractivity (Wildman–Crippen MR) is 90.4 cm³/mol. The van der Waals surface area contributed by atoms with Gasteiger partial charge in [0.1, 0.15) is 11.4 Å². The van der Waals surface area contributed by atoms with Crippen LogP contribution < -0.4 is 10.1 Å². The summed E-state index contributed by atoms with van der Waals surface area (Å²) in [7, 11) is 0. The molecule has 5 heteroatoms. The monoisotopic (exact) mass is 341 g/mol. The second-order valence-electron chi connectivity index (χ2n) is 7.90. The molecule has 5 atom stereocenters. The molecule has 4 aliphatic rings. The molecule has 5 nitrogen and oxygen atoms in total. The van der Waals surface area contributed by atoms with Gasteiger partial charge in [-0.05, 0) is 43.7 Å². The predicted octanol–water partition coefficient (Wildman–Crippen LogP) is 2.34. The summed E-state index contributed by atoms with van der Waals surface area (Å²) in [5.74, 6) is 1.47. The van der Waals surface area contributed by atoms with Gasteiger partial charge in [0.25, 0.3) is 0 Å². The minimum absolute atomic E-state index is 0.00628. The number of nitrogens with one attached hydrogen (secondary N) is 1. The fourth-order valence-electron chi connectivity index (χ4n) is 5.26. The number of rotatable bonds is 3. The van der Waals surface area contributed by atoms with E-state index in [0.717, 1.165) is 32.3 Å². The molecule has 0 unspecified atom stereocenters. The number of hydrogen-bond donors (Lipinski definition) is 1. The Labute approximate surface area is 147 Å². The van der Waals surface area contributed by atoms with Crippen LogP contribution in [0.5, 0.6) is 5.75 Å². The fraction of sp³-hybridized carbons (Fsp3) is 0.600. The number of ketones is 1. The molecule has 1 aromatic rings. The summed E-state index contributed by atoms with van der Waals surface area (Å²) in [6, 6.07) is 7.47. The zero-order chi connectivity index (χ0) is 17.0. The van der Waals surface area contributed by atoms with Crippen LogP contribution in [0, 0.1) is 17.8 Å². The van der Waals surface area contributed by atoms with Gasteiger partial charge in [-0.3, -0.25) is 9.59 Å². The molecule has 2 aliphatic carbocycles. The lowest BCUT2D eigenvalue weighted by Crippen LogP contribution is -2.44. The number of carbonyl (C=O) groups is 2. The number of benzene rings is 1. The zero-order valence-corrected chi connectivity index (χ0v) is 14.2. The lowest BCUT2D eigenvalue weighted by molar-refractivity contribution is -0.124. The van der Waals surface area contributed by atoms with Crippen molar-refractivity contribution in [2.75, 3.05) is 13.2 Å². The van der Waals surface area contributed by atoms with Crippen LogP contribution in [0.2, 0.25) is 0 Å². The molecule has 1 saturated heterocycles. The number of Topliss-reactive ketones (excluding diaryl/α,β-unsaturated/α-hetero) is 1. The summed E-state index contributed by atoms with van der Waals surface area (Å²) < 4.78 is 11.9. The highest BCUT2D eigenvalue weighted by Crippen LogP contribution is 2.65. The summed E-state index contributed by atoms with van der Waals surface area (Å²) in [5, 5.41) is 3.06. The summed E-state index contributed by atoms with van der Waals surface area (Å²) in [4.78, 5) is 25.2. The summed E-state index contributed by atoms with van der Waals surface area (Å²) in [6.07, 6.45) is 4.51. The van der Waals surface area contributed by atoms with E-state index in [1.54, 1.807) is 0 Å². The molecular formula is C20H23NO4. The van der Waals surface area contributed by atoms with Crippen molar-refractivity contribution in [2.24, 2.45) is 17.8 Å². The van der Waals surface area contributed by atoms with Crippen LogP contribution in [0.4, 0.5) is 0 Å². The largest absolute Gasteiger partial charge is 0.486 e. The molecule has 132 valence electrons. The molecule has 2 aliphatic heterocycles. The van der Waals surface area contributed by atoms with E-state index in [1.165, 1.54) is 0 Å². The molecule has 25 heavy (non-hydrogen) atoms. The zero-order valence-electron chi connectivity index (χ0n) is 14.2. The molecule has 1 amide bonds. The van der Waals surface area contributed by atoms with Crippen molar-refractivity contribution in [3.05, 3.63) is 29.8 Å². The fourth-order valence-corrected chi connectivity index (χ4v) is 5.26. The standard InChI is InChI=1S/C20H23NO4/c22-15-10-20(25-16-6-2-1-5-13(15)16)8-7-14-17(18(14)20)19(23)21-11-12-4-3-9-24-12/h1-2,5-6,12,14,17-18H,3-4,7-11H2,(H,21,23)/t12-,14-,17+,18-,20+/m1/s1. The molecule has 0 bridgehead atoms. The van der Waals surface area contributed by atoms with Crippen LogP contribution in [0.1, 0.15) is 42.5 Å². The Morgan fingerprint density at radius 1 is 1.28 bits per heavy atom. The molecule has 1 aromatic carbocycles. The van der Waals surface area contributed by atoms with Gasteiger partial charge < -0.3 is 14.8 Å². The van der Waals surface area contributed by atoms with Crippen molar-refractivity contribution in [1.82, 2.24) is 5.32 Å². The topological polar surface area (TPSA) is 64.6 Å². The van der Waals surface area contributed by atoms with Gasteiger partial charge in [-0.2, -0.15) is 0 Å². The minimum Gasteiger partial charge on any atom is -0.486 e. The number of carbonyl (C=O) groups excluding carboxylic acids is 2. The molecule has 3 fully saturated rings. The third-order valence-corrected chi connectivity index (χ3v) is 6.47. The van der Waals surface area contributed by atoms with Gasteiger partial charge in [0.2, 0.25) is 5.91 Å². The van der Waals surface area contributed by atoms with E-state index < -0.39 is 5.60 Å². The molecule has 0 radical (unpaired) electrons. The van der Waals surface area contributed by atoms with Gasteiger partial charge in [0.05, 0.1) is 18.1 Å². The van der Waals surface area contributed by atoms with Gasteiger partial charge in [-0.15, -0.1) is 0 Å². The first-order valence-electron chi connectivity index (χ1n) is 9.38. The van der Waals surface area contributed by atoms with Crippen molar-refractivity contribution >= 4 is 11.7 Å². The average Bonchev–Trinajstić information content (AvgIpc) is 2.94. The van der Waals surface area contributed by atoms with E-state index in [1.807, 2.05) is 24.3 Å². The Morgan fingerprint density at radius 2 is 2.16 bits per heavy atom. The Hall–Kier alpha value is -1.88. The van der Waals surface area contributed by atoms with Crippen molar-refractivity contribution in [3.8, 4) is 5.75 Å². The minimum atomic E-state index is -0.470. The molecule has 0 aromatic heterocycles. The van der Waals surface area contributed by atoms with Crippen molar-refractivity contribution in [2.45, 2.75) is 43.8 Å². The molecule has 2 heterocycles. The smallest absolute Gasteiger partial charge is 0.223 e. The van der Waals surface area contributed by atoms with Crippen LogP contribution in [-0.4, -0.2) is 36.5 Å². The van der Waals surface area contributed by atoms with Gasteiger partial charge in [-0.25, -0.2) is 0 Å². The van der Waals surface area contributed by atoms with Crippen LogP contribution in [0.3, 0.4) is 0 Å². The van der Waals surface area contributed by atoms with E-state index >= 15 is 0 Å². The Morgan fingerprint density at radius 3 is 3.00 bits per heavy atom. The van der Waals surface area contributed by atoms with Gasteiger partial charge in [0, 0.05) is 25.0 Å². The average molecular weight is 341 g/mol. The number of para-hydroxylation sites is 1. The third-order valence-electron chi connectivity index (χ3n) is 6.47. The van der Waals surface area contributed by atoms with E-state index in [4.69, 9.17) is 9.47 Å². The van der Waals surface area contributed by atoms with Gasteiger partial charge >= 0.3 is 0 Å². The van der Waals surface area contributed by atoms with Crippen LogP contribution in [0.15, 0.2) is 24.3 Å². The maximum atomic E-state index is 12.6. The number of amides is 1. The molecule has 1 spiro atoms. The van der Waals surface area contributed by atoms with Crippen LogP contribution >= 0.6 is 0 Å². The highest BCUT2D eigenvalue weighted by Gasteiger charge is 2.70. The highest BCUT2D eigenvalue weighted by molar-refractivity contribution is 6.00. The molecule has 1 N–H and O–H groups in total. The van der Waals surface area contributed by atoms with E-state index in [2.05, 4.69) is 5.32 Å². The quantitative estimate of drug-likeness (QED) is 0.916. The lowest BCUT2D eigenvalue weighted by Gasteiger charge is -2.37. The molecule has 2 saturated carbocycles. The number of ether oxygens (including phenoxy) is 2. The van der Waals surface area contributed by atoms with Crippen molar-refractivity contribution in [1.29, 1.82) is 0 Å². The molecule has 5 rings (SSSR count). The summed E-state index contributed by atoms with van der Waals surface area (Å²) in [5.41, 5.74) is 0.207. The van der Waals surface area contributed by atoms with Gasteiger partial charge in [0.15, 0.2) is 5.78 Å². The Kier molecular flexibility index (Phi) is 3.42. The Balaban J connectivity index is 1.29. The maximum Gasteiger partial charge on any atom is 0.223 e. The SMILES string of the molecule is O=C1C[C@]2(CC[C@@H]3[C@H](C(=O)NC[C@H]4CCCO4)[C@@H]32)Oc2ccccc21. The van der Waals surface area contributed by atoms with Crippen molar-refractivity contribution < 1.29 is 19.1 Å². The van der Waals surface area contributed by atoms with Gasteiger partial charge in [-0.1, -0.05) is 12.1 Å². The highest BCUT2D eigenvalue weighted by atomic mass is 16.5. The summed E-state index contributed by atoms with van der Waals surface area (Å²) >= 11 is 0. The van der Waals surface area contributed by atoms with E-state index in [-0.39, 0.29) is 29.6 Å². The third kappa shape index (κ3) is 2.40. The second kappa shape index (κ2) is 5.56.